The second-order valence-electron chi connectivity index (χ2n) is 5.40. The molecule has 0 aliphatic rings. The molecule has 0 saturated heterocycles. The molecule has 23 heavy (non-hydrogen) atoms. The van der Waals surface area contributed by atoms with Gasteiger partial charge in [0.15, 0.2) is 0 Å². The number of alkyl halides is 2. The highest BCUT2D eigenvalue weighted by atomic mass is 32.1. The number of halogens is 2. The molecule has 1 aromatic carbocycles. The van der Waals surface area contributed by atoms with Crippen LogP contribution < -0.4 is 4.74 Å². The topological polar surface area (TPSA) is 42.4 Å². The Morgan fingerprint density at radius 1 is 1.39 bits per heavy atom. The Labute approximate surface area is 137 Å². The van der Waals surface area contributed by atoms with Crippen molar-refractivity contribution in [3.8, 4) is 5.75 Å². The van der Waals surface area contributed by atoms with Crippen molar-refractivity contribution in [3.05, 3.63) is 45.9 Å². The second kappa shape index (κ2) is 7.50. The van der Waals surface area contributed by atoms with Crippen LogP contribution in [-0.4, -0.2) is 29.5 Å². The number of thiazole rings is 1. The molecular formula is C16H18F2N2O2S. The van der Waals surface area contributed by atoms with E-state index in [1.54, 1.807) is 24.5 Å². The molecule has 0 radical (unpaired) electrons. The molecule has 1 aromatic heterocycles. The SMILES string of the molecule is CC(C)c1nc(CN(C)C(=O)c2cccc(OC(F)F)c2)cs1. The van der Waals surface area contributed by atoms with Crippen LogP contribution in [0, 0.1) is 0 Å². The average molecular weight is 340 g/mol. The van der Waals surface area contributed by atoms with Crippen molar-refractivity contribution in [1.82, 2.24) is 9.88 Å². The molecule has 0 aliphatic carbocycles. The van der Waals surface area contributed by atoms with Gasteiger partial charge in [0.2, 0.25) is 0 Å². The third-order valence-corrected chi connectivity index (χ3v) is 4.31. The summed E-state index contributed by atoms with van der Waals surface area (Å²) in [6.07, 6.45) is 0. The second-order valence-corrected chi connectivity index (χ2v) is 6.29. The number of benzene rings is 1. The minimum atomic E-state index is -2.91. The summed E-state index contributed by atoms with van der Waals surface area (Å²) in [5.74, 6) is 0.0387. The molecule has 0 bridgehead atoms. The van der Waals surface area contributed by atoms with E-state index >= 15 is 0 Å². The number of aromatic nitrogens is 1. The minimum Gasteiger partial charge on any atom is -0.435 e. The van der Waals surface area contributed by atoms with E-state index in [0.717, 1.165) is 10.7 Å². The van der Waals surface area contributed by atoms with Gasteiger partial charge in [-0.3, -0.25) is 4.79 Å². The van der Waals surface area contributed by atoms with Crippen molar-refractivity contribution >= 4 is 17.2 Å². The fourth-order valence-corrected chi connectivity index (χ4v) is 2.83. The number of nitrogens with zero attached hydrogens (tertiary/aromatic N) is 2. The van der Waals surface area contributed by atoms with E-state index in [-0.39, 0.29) is 11.7 Å². The van der Waals surface area contributed by atoms with Crippen LogP contribution in [0.3, 0.4) is 0 Å². The van der Waals surface area contributed by atoms with E-state index in [9.17, 15) is 13.6 Å². The van der Waals surface area contributed by atoms with Crippen LogP contribution in [0.1, 0.15) is 40.8 Å². The van der Waals surface area contributed by atoms with Crippen molar-refractivity contribution in [2.24, 2.45) is 0 Å². The zero-order chi connectivity index (χ0) is 17.0. The molecule has 0 fully saturated rings. The van der Waals surface area contributed by atoms with E-state index in [2.05, 4.69) is 23.6 Å². The van der Waals surface area contributed by atoms with Gasteiger partial charge in [0.05, 0.1) is 17.2 Å². The summed E-state index contributed by atoms with van der Waals surface area (Å²) in [6.45, 7) is 1.57. The summed E-state index contributed by atoms with van der Waals surface area (Å²) in [5, 5.41) is 2.95. The molecule has 0 unspecified atom stereocenters. The van der Waals surface area contributed by atoms with Crippen molar-refractivity contribution in [3.63, 3.8) is 0 Å². The first-order valence-electron chi connectivity index (χ1n) is 7.11. The van der Waals surface area contributed by atoms with Crippen LogP contribution in [0.4, 0.5) is 8.78 Å². The van der Waals surface area contributed by atoms with Gasteiger partial charge < -0.3 is 9.64 Å². The molecule has 4 nitrogen and oxygen atoms in total. The molecule has 124 valence electrons. The fourth-order valence-electron chi connectivity index (χ4n) is 2.00. The van der Waals surface area contributed by atoms with Crippen LogP contribution in [-0.2, 0) is 6.54 Å². The van der Waals surface area contributed by atoms with Gasteiger partial charge in [0.25, 0.3) is 5.91 Å². The van der Waals surface area contributed by atoms with Crippen LogP contribution in [0.5, 0.6) is 5.75 Å². The standard InChI is InChI=1S/C16H18F2N2O2S/c1-10(2)14-19-12(9-23-14)8-20(3)15(21)11-5-4-6-13(7-11)22-16(17)18/h4-7,9-10,16H,8H2,1-3H3. The molecule has 0 aliphatic heterocycles. The molecular weight excluding hydrogens is 322 g/mol. The van der Waals surface area contributed by atoms with Crippen LogP contribution >= 0.6 is 11.3 Å². The summed E-state index contributed by atoms with van der Waals surface area (Å²) < 4.78 is 28.8. The quantitative estimate of drug-likeness (QED) is 0.794. The van der Waals surface area contributed by atoms with E-state index < -0.39 is 6.61 Å². The van der Waals surface area contributed by atoms with Gasteiger partial charge in [-0.1, -0.05) is 19.9 Å². The summed E-state index contributed by atoms with van der Waals surface area (Å²) in [6, 6.07) is 5.78. The Hall–Kier alpha value is -2.02. The number of hydrogen-bond donors (Lipinski definition) is 0. The monoisotopic (exact) mass is 340 g/mol. The lowest BCUT2D eigenvalue weighted by Gasteiger charge is -2.16. The third kappa shape index (κ3) is 4.72. The zero-order valence-corrected chi connectivity index (χ0v) is 13.9. The molecule has 7 heteroatoms. The first kappa shape index (κ1) is 17.3. The van der Waals surface area contributed by atoms with Gasteiger partial charge in [-0.05, 0) is 18.2 Å². The smallest absolute Gasteiger partial charge is 0.387 e. The molecule has 2 rings (SSSR count). The van der Waals surface area contributed by atoms with Crippen molar-refractivity contribution < 1.29 is 18.3 Å². The summed E-state index contributed by atoms with van der Waals surface area (Å²) in [4.78, 5) is 18.4. The summed E-state index contributed by atoms with van der Waals surface area (Å²) in [5.41, 5.74) is 1.11. The molecule has 0 spiro atoms. The van der Waals surface area contributed by atoms with Crippen molar-refractivity contribution in [2.75, 3.05) is 7.05 Å². The fraction of sp³-hybridized carbons (Fsp3) is 0.375. The van der Waals surface area contributed by atoms with E-state index in [1.807, 2.05) is 5.38 Å². The van der Waals surface area contributed by atoms with Gasteiger partial charge in [0.1, 0.15) is 5.75 Å². The van der Waals surface area contributed by atoms with Gasteiger partial charge >= 0.3 is 6.61 Å². The largest absolute Gasteiger partial charge is 0.435 e. The number of carbonyl (C=O) groups is 1. The average Bonchev–Trinajstić information content (AvgIpc) is 2.94. The first-order chi connectivity index (χ1) is 10.9. The number of amides is 1. The Morgan fingerprint density at radius 2 is 2.13 bits per heavy atom. The number of carbonyl (C=O) groups excluding carboxylic acids is 1. The Kier molecular flexibility index (Phi) is 5.65. The van der Waals surface area contributed by atoms with Crippen molar-refractivity contribution in [1.29, 1.82) is 0 Å². The molecule has 0 saturated carbocycles. The highest BCUT2D eigenvalue weighted by Crippen LogP contribution is 2.21. The van der Waals surface area contributed by atoms with Crippen LogP contribution in [0.25, 0.3) is 0 Å². The molecule has 1 heterocycles. The Balaban J connectivity index is 2.06. The van der Waals surface area contributed by atoms with Gasteiger partial charge in [-0.2, -0.15) is 8.78 Å². The highest BCUT2D eigenvalue weighted by Gasteiger charge is 2.15. The molecule has 1 amide bonds. The van der Waals surface area contributed by atoms with Gasteiger partial charge in [0, 0.05) is 23.9 Å². The van der Waals surface area contributed by atoms with Gasteiger partial charge in [-0.25, -0.2) is 4.98 Å². The summed E-state index contributed by atoms with van der Waals surface area (Å²) >= 11 is 1.56. The number of hydrogen-bond acceptors (Lipinski definition) is 4. The lowest BCUT2D eigenvalue weighted by atomic mass is 10.2. The molecule has 0 N–H and O–H groups in total. The first-order valence-corrected chi connectivity index (χ1v) is 7.99. The van der Waals surface area contributed by atoms with Crippen LogP contribution in [0.15, 0.2) is 29.6 Å². The summed E-state index contributed by atoms with van der Waals surface area (Å²) in [7, 11) is 1.65. The lowest BCUT2D eigenvalue weighted by Crippen LogP contribution is -2.26. The Morgan fingerprint density at radius 3 is 2.74 bits per heavy atom. The van der Waals surface area contributed by atoms with E-state index in [1.165, 1.54) is 23.1 Å². The molecule has 0 atom stereocenters. The lowest BCUT2D eigenvalue weighted by molar-refractivity contribution is -0.0499. The predicted octanol–water partition coefficient (Wildman–Crippen LogP) is 4.14. The maximum absolute atomic E-state index is 12.4. The zero-order valence-electron chi connectivity index (χ0n) is 13.1. The minimum absolute atomic E-state index is 0.0324. The maximum Gasteiger partial charge on any atom is 0.387 e. The van der Waals surface area contributed by atoms with Gasteiger partial charge in [-0.15, -0.1) is 11.3 Å². The number of ether oxygens (including phenoxy) is 1. The highest BCUT2D eigenvalue weighted by molar-refractivity contribution is 7.09. The Bertz CT molecular complexity index is 674. The van der Waals surface area contributed by atoms with E-state index in [0.29, 0.717) is 18.0 Å². The maximum atomic E-state index is 12.4. The normalized spacial score (nSPS) is 11.1. The number of rotatable bonds is 6. The third-order valence-electron chi connectivity index (χ3n) is 3.12. The predicted molar refractivity (Wildman–Crippen MR) is 85.1 cm³/mol. The molecule has 2 aromatic rings. The van der Waals surface area contributed by atoms with Crippen molar-refractivity contribution in [2.45, 2.75) is 32.9 Å². The van der Waals surface area contributed by atoms with Crippen LogP contribution in [0.2, 0.25) is 0 Å². The van der Waals surface area contributed by atoms with E-state index in [4.69, 9.17) is 0 Å².